The zero-order valence-electron chi connectivity index (χ0n) is 16.3. The predicted octanol–water partition coefficient (Wildman–Crippen LogP) is 3.68. The van der Waals surface area contributed by atoms with Gasteiger partial charge in [-0.2, -0.15) is 0 Å². The van der Waals surface area contributed by atoms with Crippen molar-refractivity contribution in [2.24, 2.45) is 0 Å². The molecule has 3 aromatic rings. The molecule has 0 aliphatic carbocycles. The molecule has 0 fully saturated rings. The molecule has 29 heavy (non-hydrogen) atoms. The number of carbonyl (C=O) groups is 2. The number of carbonyl (C=O) groups excluding carboxylic acids is 2. The molecule has 2 aromatic carbocycles. The summed E-state index contributed by atoms with van der Waals surface area (Å²) in [4.78, 5) is 30.5. The van der Waals surface area contributed by atoms with Gasteiger partial charge in [0, 0.05) is 36.4 Å². The summed E-state index contributed by atoms with van der Waals surface area (Å²) in [7, 11) is 5.47. The molecule has 1 N–H and O–H groups in total. The third-order valence-electron chi connectivity index (χ3n) is 4.05. The molecular formula is C21H21N3O4S. The molecule has 0 aliphatic heterocycles. The lowest BCUT2D eigenvalue weighted by atomic mass is 10.2. The van der Waals surface area contributed by atoms with Gasteiger partial charge in [-0.1, -0.05) is 0 Å². The Morgan fingerprint density at radius 3 is 2.38 bits per heavy atom. The standard InChI is InChI=1S/C21H21N3O4S/c1-24(2)16-8-6-15(7-9-16)22-19(25)12-28-21(26)18-13-29-20(23-18)14-4-10-17(27-3)11-5-14/h4-11,13H,12H2,1-3H3,(H,22,25). The second-order valence-electron chi connectivity index (χ2n) is 6.33. The highest BCUT2D eigenvalue weighted by molar-refractivity contribution is 7.13. The maximum atomic E-state index is 12.2. The Kier molecular flexibility index (Phi) is 6.46. The molecule has 0 saturated heterocycles. The second kappa shape index (κ2) is 9.20. The van der Waals surface area contributed by atoms with Gasteiger partial charge in [0.05, 0.1) is 7.11 Å². The summed E-state index contributed by atoms with van der Waals surface area (Å²) in [5.74, 6) is -0.312. The SMILES string of the molecule is COc1ccc(-c2nc(C(=O)OCC(=O)Nc3ccc(N(C)C)cc3)cs2)cc1. The van der Waals surface area contributed by atoms with Crippen LogP contribution < -0.4 is 15.0 Å². The van der Waals surface area contributed by atoms with Crippen molar-refractivity contribution in [3.8, 4) is 16.3 Å². The molecule has 0 spiro atoms. The fourth-order valence-corrected chi connectivity index (χ4v) is 3.27. The van der Waals surface area contributed by atoms with E-state index in [0.717, 1.165) is 17.0 Å². The Hall–Kier alpha value is -3.39. The largest absolute Gasteiger partial charge is 0.497 e. The zero-order chi connectivity index (χ0) is 20.8. The quantitative estimate of drug-likeness (QED) is 0.598. The van der Waals surface area contributed by atoms with Gasteiger partial charge in [-0.05, 0) is 48.5 Å². The summed E-state index contributed by atoms with van der Waals surface area (Å²) in [6, 6.07) is 14.7. The molecule has 1 aromatic heterocycles. The number of esters is 1. The van der Waals surface area contributed by atoms with Crippen LogP contribution in [0.15, 0.2) is 53.9 Å². The molecule has 1 amide bonds. The first-order valence-electron chi connectivity index (χ1n) is 8.80. The number of anilines is 2. The normalized spacial score (nSPS) is 10.3. The minimum absolute atomic E-state index is 0.170. The second-order valence-corrected chi connectivity index (χ2v) is 7.19. The number of ether oxygens (including phenoxy) is 2. The Labute approximate surface area is 172 Å². The Balaban J connectivity index is 1.53. The van der Waals surface area contributed by atoms with Gasteiger partial charge in [-0.3, -0.25) is 4.79 Å². The summed E-state index contributed by atoms with van der Waals surface area (Å²) in [6.45, 7) is -0.385. The van der Waals surface area contributed by atoms with E-state index in [4.69, 9.17) is 9.47 Å². The smallest absolute Gasteiger partial charge is 0.358 e. The molecule has 0 unspecified atom stereocenters. The van der Waals surface area contributed by atoms with Crippen LogP contribution in [-0.2, 0) is 9.53 Å². The van der Waals surface area contributed by atoms with E-state index in [1.807, 2.05) is 55.4 Å². The van der Waals surface area contributed by atoms with E-state index < -0.39 is 11.9 Å². The fourth-order valence-electron chi connectivity index (χ4n) is 2.48. The van der Waals surface area contributed by atoms with Crippen LogP contribution in [0.25, 0.3) is 10.6 Å². The van der Waals surface area contributed by atoms with E-state index in [9.17, 15) is 9.59 Å². The number of thiazole rings is 1. The third kappa shape index (κ3) is 5.32. The van der Waals surface area contributed by atoms with Crippen LogP contribution in [0.2, 0.25) is 0 Å². The Bertz CT molecular complexity index is 982. The van der Waals surface area contributed by atoms with E-state index in [1.54, 1.807) is 24.6 Å². The van der Waals surface area contributed by atoms with Crippen LogP contribution in [0, 0.1) is 0 Å². The summed E-state index contributed by atoms with van der Waals surface area (Å²) in [6.07, 6.45) is 0. The van der Waals surface area contributed by atoms with Crippen molar-refractivity contribution in [1.82, 2.24) is 4.98 Å². The maximum Gasteiger partial charge on any atom is 0.358 e. The van der Waals surface area contributed by atoms with Gasteiger partial charge in [0.2, 0.25) is 0 Å². The molecule has 150 valence electrons. The van der Waals surface area contributed by atoms with Gasteiger partial charge >= 0.3 is 5.97 Å². The summed E-state index contributed by atoms with van der Waals surface area (Å²) < 4.78 is 10.2. The molecule has 3 rings (SSSR count). The number of methoxy groups -OCH3 is 1. The minimum Gasteiger partial charge on any atom is -0.497 e. The molecule has 0 bridgehead atoms. The lowest BCUT2D eigenvalue weighted by molar-refractivity contribution is -0.119. The molecule has 7 nitrogen and oxygen atoms in total. The first-order valence-corrected chi connectivity index (χ1v) is 9.68. The topological polar surface area (TPSA) is 80.8 Å². The van der Waals surface area contributed by atoms with Gasteiger partial charge in [0.25, 0.3) is 5.91 Å². The van der Waals surface area contributed by atoms with Crippen molar-refractivity contribution in [2.45, 2.75) is 0 Å². The number of amides is 1. The van der Waals surface area contributed by atoms with Crippen molar-refractivity contribution >= 4 is 34.6 Å². The molecule has 0 saturated carbocycles. The molecule has 1 heterocycles. The maximum absolute atomic E-state index is 12.2. The highest BCUT2D eigenvalue weighted by Crippen LogP contribution is 2.26. The van der Waals surface area contributed by atoms with E-state index >= 15 is 0 Å². The Morgan fingerprint density at radius 1 is 1.07 bits per heavy atom. The van der Waals surface area contributed by atoms with Gasteiger partial charge in [-0.25, -0.2) is 9.78 Å². The molecule has 0 atom stereocenters. The average Bonchev–Trinajstić information content (AvgIpc) is 3.23. The Morgan fingerprint density at radius 2 is 1.76 bits per heavy atom. The van der Waals surface area contributed by atoms with Crippen molar-refractivity contribution in [2.75, 3.05) is 38.0 Å². The number of benzene rings is 2. The van der Waals surface area contributed by atoms with Crippen molar-refractivity contribution in [3.63, 3.8) is 0 Å². The molecule has 0 radical (unpaired) electrons. The number of aromatic nitrogens is 1. The van der Waals surface area contributed by atoms with Crippen LogP contribution in [0.1, 0.15) is 10.5 Å². The van der Waals surface area contributed by atoms with Crippen LogP contribution in [0.3, 0.4) is 0 Å². The van der Waals surface area contributed by atoms with E-state index in [1.165, 1.54) is 11.3 Å². The number of rotatable bonds is 7. The number of nitrogens with one attached hydrogen (secondary N) is 1. The minimum atomic E-state index is -0.640. The third-order valence-corrected chi connectivity index (χ3v) is 4.94. The molecule has 8 heteroatoms. The van der Waals surface area contributed by atoms with Gasteiger partial charge in [0.15, 0.2) is 12.3 Å². The van der Waals surface area contributed by atoms with Crippen molar-refractivity contribution < 1.29 is 19.1 Å². The predicted molar refractivity (Wildman–Crippen MR) is 114 cm³/mol. The van der Waals surface area contributed by atoms with Crippen molar-refractivity contribution in [1.29, 1.82) is 0 Å². The summed E-state index contributed by atoms with van der Waals surface area (Å²) in [5.41, 5.74) is 2.69. The zero-order valence-corrected chi connectivity index (χ0v) is 17.2. The van der Waals surface area contributed by atoms with Crippen LogP contribution in [0.5, 0.6) is 5.75 Å². The van der Waals surface area contributed by atoms with Crippen LogP contribution in [-0.4, -0.2) is 44.7 Å². The lowest BCUT2D eigenvalue weighted by Gasteiger charge is -2.13. The summed E-state index contributed by atoms with van der Waals surface area (Å²) in [5, 5.41) is 4.99. The van der Waals surface area contributed by atoms with Crippen molar-refractivity contribution in [3.05, 3.63) is 59.6 Å². The van der Waals surface area contributed by atoms with E-state index in [-0.39, 0.29) is 12.3 Å². The number of hydrogen-bond acceptors (Lipinski definition) is 7. The van der Waals surface area contributed by atoms with Crippen LogP contribution in [0.4, 0.5) is 11.4 Å². The van der Waals surface area contributed by atoms with Gasteiger partial charge in [0.1, 0.15) is 10.8 Å². The monoisotopic (exact) mass is 411 g/mol. The van der Waals surface area contributed by atoms with E-state index in [0.29, 0.717) is 10.7 Å². The molecule has 0 aliphatic rings. The van der Waals surface area contributed by atoms with Gasteiger partial charge < -0.3 is 19.7 Å². The highest BCUT2D eigenvalue weighted by Gasteiger charge is 2.15. The highest BCUT2D eigenvalue weighted by atomic mass is 32.1. The first kappa shape index (κ1) is 20.3. The summed E-state index contributed by atoms with van der Waals surface area (Å²) >= 11 is 1.33. The molecular weight excluding hydrogens is 390 g/mol. The average molecular weight is 411 g/mol. The van der Waals surface area contributed by atoms with E-state index in [2.05, 4.69) is 10.3 Å². The number of nitrogens with zero attached hydrogens (tertiary/aromatic N) is 2. The number of hydrogen-bond donors (Lipinski definition) is 1. The lowest BCUT2D eigenvalue weighted by Crippen LogP contribution is -2.21. The van der Waals surface area contributed by atoms with Crippen LogP contribution >= 0.6 is 11.3 Å². The fraction of sp³-hybridized carbons (Fsp3) is 0.190. The van der Waals surface area contributed by atoms with Gasteiger partial charge in [-0.15, -0.1) is 11.3 Å². The first-order chi connectivity index (χ1) is 14.0.